The van der Waals surface area contributed by atoms with E-state index in [9.17, 15) is 9.59 Å². The first-order valence-corrected chi connectivity index (χ1v) is 7.99. The predicted octanol–water partition coefficient (Wildman–Crippen LogP) is 3.11. The highest BCUT2D eigenvalue weighted by Gasteiger charge is 2.33. The smallest absolute Gasteiger partial charge is 0.310 e. The van der Waals surface area contributed by atoms with Gasteiger partial charge in [0.25, 0.3) is 0 Å². The average molecular weight is 297 g/mol. The number of carbonyl (C=O) groups is 2. The first-order chi connectivity index (χ1) is 9.66. The van der Waals surface area contributed by atoms with Gasteiger partial charge in [-0.3, -0.25) is 9.59 Å². The van der Waals surface area contributed by atoms with Gasteiger partial charge >= 0.3 is 5.97 Å². The highest BCUT2D eigenvalue weighted by Crippen LogP contribution is 2.40. The highest BCUT2D eigenvalue weighted by atomic mass is 16.5. The summed E-state index contributed by atoms with van der Waals surface area (Å²) in [5.41, 5.74) is 0.333. The lowest BCUT2D eigenvalue weighted by molar-refractivity contribution is -0.146. The molecule has 0 heterocycles. The maximum absolute atomic E-state index is 12.5. The fourth-order valence-corrected chi connectivity index (χ4v) is 3.29. The minimum Gasteiger partial charge on any atom is -0.469 e. The van der Waals surface area contributed by atoms with Crippen molar-refractivity contribution in [2.75, 3.05) is 20.7 Å². The fourth-order valence-electron chi connectivity index (χ4n) is 3.29. The summed E-state index contributed by atoms with van der Waals surface area (Å²) >= 11 is 0. The summed E-state index contributed by atoms with van der Waals surface area (Å²) in [4.78, 5) is 25.6. The first kappa shape index (κ1) is 18.0. The number of esters is 1. The zero-order valence-electron chi connectivity index (χ0n) is 14.4. The van der Waals surface area contributed by atoms with E-state index in [-0.39, 0.29) is 23.7 Å². The van der Waals surface area contributed by atoms with Crippen LogP contribution in [-0.4, -0.2) is 37.5 Å². The highest BCUT2D eigenvalue weighted by molar-refractivity contribution is 5.79. The van der Waals surface area contributed by atoms with Crippen LogP contribution in [0.5, 0.6) is 0 Å². The molecule has 1 atom stereocenters. The molecule has 1 fully saturated rings. The van der Waals surface area contributed by atoms with Crippen LogP contribution in [0.3, 0.4) is 0 Å². The molecule has 122 valence electrons. The second-order valence-electron chi connectivity index (χ2n) is 7.56. The number of nitrogens with zero attached hydrogens (tertiary/aromatic N) is 1. The zero-order chi connectivity index (χ0) is 16.2. The van der Waals surface area contributed by atoms with Crippen LogP contribution in [-0.2, 0) is 14.3 Å². The Labute approximate surface area is 129 Å². The van der Waals surface area contributed by atoms with Crippen molar-refractivity contribution in [1.82, 2.24) is 4.90 Å². The van der Waals surface area contributed by atoms with E-state index in [4.69, 9.17) is 4.74 Å². The van der Waals surface area contributed by atoms with Crippen molar-refractivity contribution in [3.05, 3.63) is 0 Å². The van der Waals surface area contributed by atoms with E-state index in [1.807, 2.05) is 0 Å². The predicted molar refractivity (Wildman–Crippen MR) is 83.7 cm³/mol. The van der Waals surface area contributed by atoms with Crippen LogP contribution in [0.1, 0.15) is 53.4 Å². The molecule has 21 heavy (non-hydrogen) atoms. The molecule has 1 rings (SSSR count). The van der Waals surface area contributed by atoms with E-state index >= 15 is 0 Å². The third-order valence-corrected chi connectivity index (χ3v) is 4.83. The summed E-state index contributed by atoms with van der Waals surface area (Å²) < 4.78 is 4.71. The van der Waals surface area contributed by atoms with Crippen LogP contribution in [0.4, 0.5) is 0 Å². The molecule has 0 radical (unpaired) electrons. The number of hydrogen-bond acceptors (Lipinski definition) is 3. The summed E-state index contributed by atoms with van der Waals surface area (Å²) in [5.74, 6) is 0.485. The van der Waals surface area contributed by atoms with Crippen LogP contribution in [0.15, 0.2) is 0 Å². The summed E-state index contributed by atoms with van der Waals surface area (Å²) in [5, 5.41) is 0. The molecule has 1 aliphatic carbocycles. The molecule has 0 aromatic rings. The SMILES string of the molecule is COC(=O)C(C)CN(C)C(=O)C1CCC(C(C)(C)C)CC1. The van der Waals surface area contributed by atoms with Crippen molar-refractivity contribution in [2.45, 2.75) is 53.4 Å². The van der Waals surface area contributed by atoms with Gasteiger partial charge in [-0.05, 0) is 37.0 Å². The van der Waals surface area contributed by atoms with Gasteiger partial charge in [-0.25, -0.2) is 0 Å². The molecule has 0 spiro atoms. The molecule has 0 aliphatic heterocycles. The van der Waals surface area contributed by atoms with E-state index in [0.717, 1.165) is 25.7 Å². The van der Waals surface area contributed by atoms with E-state index < -0.39 is 0 Å². The molecule has 4 heteroatoms. The van der Waals surface area contributed by atoms with Gasteiger partial charge < -0.3 is 9.64 Å². The summed E-state index contributed by atoms with van der Waals surface area (Å²) in [6.07, 6.45) is 4.19. The molecule has 1 unspecified atom stereocenters. The van der Waals surface area contributed by atoms with Gasteiger partial charge in [0.2, 0.25) is 5.91 Å². The fraction of sp³-hybridized carbons (Fsp3) is 0.882. The molecule has 0 N–H and O–H groups in total. The Hall–Kier alpha value is -1.06. The quantitative estimate of drug-likeness (QED) is 0.749. The molecule has 0 aromatic heterocycles. The number of methoxy groups -OCH3 is 1. The van der Waals surface area contributed by atoms with Crippen molar-refractivity contribution < 1.29 is 14.3 Å². The van der Waals surface area contributed by atoms with Crippen LogP contribution < -0.4 is 0 Å². The Morgan fingerprint density at radius 1 is 1.19 bits per heavy atom. The molecule has 1 saturated carbocycles. The van der Waals surface area contributed by atoms with Gasteiger partial charge in [0.05, 0.1) is 13.0 Å². The summed E-state index contributed by atoms with van der Waals surface area (Å²) in [7, 11) is 3.17. The molecule has 1 aliphatic rings. The van der Waals surface area contributed by atoms with Gasteiger partial charge in [-0.15, -0.1) is 0 Å². The molecule has 0 bridgehead atoms. The van der Waals surface area contributed by atoms with E-state index in [0.29, 0.717) is 17.9 Å². The Bertz CT molecular complexity index is 365. The number of hydrogen-bond donors (Lipinski definition) is 0. The van der Waals surface area contributed by atoms with Crippen molar-refractivity contribution in [1.29, 1.82) is 0 Å². The molecule has 4 nitrogen and oxygen atoms in total. The van der Waals surface area contributed by atoms with Crippen LogP contribution in [0.2, 0.25) is 0 Å². The lowest BCUT2D eigenvalue weighted by Crippen LogP contribution is -2.40. The van der Waals surface area contributed by atoms with Crippen molar-refractivity contribution >= 4 is 11.9 Å². The van der Waals surface area contributed by atoms with Gasteiger partial charge in [0.15, 0.2) is 0 Å². The topological polar surface area (TPSA) is 46.6 Å². The van der Waals surface area contributed by atoms with Crippen molar-refractivity contribution in [3.63, 3.8) is 0 Å². The number of amides is 1. The molecule has 0 aromatic carbocycles. The number of ether oxygens (including phenoxy) is 1. The minimum atomic E-state index is -0.269. The minimum absolute atomic E-state index is 0.124. The third kappa shape index (κ3) is 5.01. The van der Waals surface area contributed by atoms with Gasteiger partial charge in [-0.1, -0.05) is 27.7 Å². The molecule has 0 saturated heterocycles. The summed E-state index contributed by atoms with van der Waals surface area (Å²) in [6, 6.07) is 0. The lowest BCUT2D eigenvalue weighted by atomic mass is 9.69. The molecule has 1 amide bonds. The van der Waals surface area contributed by atoms with Crippen LogP contribution in [0, 0.1) is 23.2 Å². The van der Waals surface area contributed by atoms with Crippen molar-refractivity contribution in [2.24, 2.45) is 23.2 Å². The second-order valence-corrected chi connectivity index (χ2v) is 7.56. The van der Waals surface area contributed by atoms with Gasteiger partial charge in [-0.2, -0.15) is 0 Å². The van der Waals surface area contributed by atoms with E-state index in [2.05, 4.69) is 20.8 Å². The third-order valence-electron chi connectivity index (χ3n) is 4.83. The van der Waals surface area contributed by atoms with Crippen LogP contribution >= 0.6 is 0 Å². The van der Waals surface area contributed by atoms with Crippen LogP contribution in [0.25, 0.3) is 0 Å². The standard InChI is InChI=1S/C17H31NO3/c1-12(16(20)21-6)11-18(5)15(19)13-7-9-14(10-8-13)17(2,3)4/h12-14H,7-11H2,1-6H3. The van der Waals surface area contributed by atoms with E-state index in [1.54, 1.807) is 18.9 Å². The maximum Gasteiger partial charge on any atom is 0.310 e. The van der Waals surface area contributed by atoms with E-state index in [1.165, 1.54) is 7.11 Å². The van der Waals surface area contributed by atoms with Gasteiger partial charge in [0.1, 0.15) is 0 Å². The van der Waals surface area contributed by atoms with Crippen molar-refractivity contribution in [3.8, 4) is 0 Å². The lowest BCUT2D eigenvalue weighted by Gasteiger charge is -2.37. The second kappa shape index (κ2) is 7.28. The molecular formula is C17H31NO3. The zero-order valence-corrected chi connectivity index (χ0v) is 14.4. The number of carbonyl (C=O) groups excluding carboxylic acids is 2. The molecular weight excluding hydrogens is 266 g/mol. The Balaban J connectivity index is 2.48. The normalized spacial score (nSPS) is 24.3. The first-order valence-electron chi connectivity index (χ1n) is 7.99. The van der Waals surface area contributed by atoms with Gasteiger partial charge in [0, 0.05) is 19.5 Å². The summed E-state index contributed by atoms with van der Waals surface area (Å²) in [6.45, 7) is 9.08. The Morgan fingerprint density at radius 3 is 2.14 bits per heavy atom. The monoisotopic (exact) mass is 297 g/mol. The average Bonchev–Trinajstić information content (AvgIpc) is 2.44. The Morgan fingerprint density at radius 2 is 1.71 bits per heavy atom. The maximum atomic E-state index is 12.5. The largest absolute Gasteiger partial charge is 0.469 e. The Kier molecular flexibility index (Phi) is 6.24. The number of rotatable bonds is 4.